The molecule has 4 nitrogen and oxygen atoms in total. The summed E-state index contributed by atoms with van der Waals surface area (Å²) >= 11 is 13.0. The Labute approximate surface area is 133 Å². The largest absolute Gasteiger partial charge is 0.354 e. The van der Waals surface area contributed by atoms with E-state index in [9.17, 15) is 0 Å². The molecule has 0 amide bonds. The van der Waals surface area contributed by atoms with Crippen molar-refractivity contribution in [1.29, 1.82) is 0 Å². The number of hydrogen-bond acceptors (Lipinski definition) is 4. The molecule has 0 aliphatic heterocycles. The average molecular weight is 407 g/mol. The van der Waals surface area contributed by atoms with Crippen LogP contribution in [-0.4, -0.2) is 16.5 Å². The van der Waals surface area contributed by atoms with Crippen LogP contribution in [0.3, 0.4) is 0 Å². The van der Waals surface area contributed by atoms with E-state index in [1.165, 1.54) is 0 Å². The number of anilines is 3. The highest BCUT2D eigenvalue weighted by molar-refractivity contribution is 9.11. The number of hydrogen-bond donors (Lipinski definition) is 2. The molecule has 0 saturated carbocycles. The lowest BCUT2D eigenvalue weighted by atomic mass is 10.3. The molecule has 2 rings (SSSR count). The van der Waals surface area contributed by atoms with Gasteiger partial charge in [0.15, 0.2) is 5.82 Å². The SMILES string of the molecule is CCNc1ncc(Cl)c(Nc2ccc(Br)cc2Br)n1. The Hall–Kier alpha value is -0.850. The molecule has 19 heavy (non-hydrogen) atoms. The van der Waals surface area contributed by atoms with Crippen molar-refractivity contribution in [3.8, 4) is 0 Å². The van der Waals surface area contributed by atoms with Crippen LogP contribution in [-0.2, 0) is 0 Å². The van der Waals surface area contributed by atoms with Gasteiger partial charge in [0.25, 0.3) is 0 Å². The standard InChI is InChI=1S/C12H11Br2ClN4/c1-2-16-12-17-6-9(15)11(19-12)18-10-4-3-7(13)5-8(10)14/h3-6H,2H2,1H3,(H2,16,17,18,19). The van der Waals surface area contributed by atoms with E-state index in [1.54, 1.807) is 6.20 Å². The predicted molar refractivity (Wildman–Crippen MR) is 86.3 cm³/mol. The van der Waals surface area contributed by atoms with E-state index in [-0.39, 0.29) is 0 Å². The normalized spacial score (nSPS) is 10.3. The first-order chi connectivity index (χ1) is 9.10. The van der Waals surface area contributed by atoms with Crippen LogP contribution in [0.5, 0.6) is 0 Å². The summed E-state index contributed by atoms with van der Waals surface area (Å²) in [5, 5.41) is 6.69. The minimum atomic E-state index is 0.469. The average Bonchev–Trinajstić information content (AvgIpc) is 2.37. The molecule has 0 aliphatic carbocycles. The fourth-order valence-corrected chi connectivity index (χ4v) is 2.70. The van der Waals surface area contributed by atoms with E-state index in [2.05, 4.69) is 52.5 Å². The molecule has 1 heterocycles. The maximum Gasteiger partial charge on any atom is 0.224 e. The number of rotatable bonds is 4. The quantitative estimate of drug-likeness (QED) is 0.764. The van der Waals surface area contributed by atoms with Gasteiger partial charge in [-0.05, 0) is 41.1 Å². The second kappa shape index (κ2) is 6.54. The molecule has 0 fully saturated rings. The Morgan fingerprint density at radius 1 is 1.32 bits per heavy atom. The van der Waals surface area contributed by atoms with Crippen LogP contribution in [0.4, 0.5) is 17.5 Å². The molecule has 100 valence electrons. The van der Waals surface area contributed by atoms with Crippen molar-refractivity contribution >= 4 is 60.9 Å². The first-order valence-corrected chi connectivity index (χ1v) is 7.55. The maximum absolute atomic E-state index is 6.09. The first-order valence-electron chi connectivity index (χ1n) is 5.58. The van der Waals surface area contributed by atoms with Gasteiger partial charge in [0, 0.05) is 15.5 Å². The molecule has 1 aromatic heterocycles. The van der Waals surface area contributed by atoms with Gasteiger partial charge in [0.2, 0.25) is 5.95 Å². The molecule has 2 N–H and O–H groups in total. The fourth-order valence-electron chi connectivity index (χ4n) is 1.42. The number of nitrogens with zero attached hydrogens (tertiary/aromatic N) is 2. The van der Waals surface area contributed by atoms with Gasteiger partial charge >= 0.3 is 0 Å². The molecule has 0 unspecified atom stereocenters. The summed E-state index contributed by atoms with van der Waals surface area (Å²) in [6.07, 6.45) is 1.57. The van der Waals surface area contributed by atoms with Crippen LogP contribution < -0.4 is 10.6 Å². The first kappa shape index (κ1) is 14.6. The van der Waals surface area contributed by atoms with E-state index in [1.807, 2.05) is 25.1 Å². The zero-order chi connectivity index (χ0) is 13.8. The Bertz CT molecular complexity index is 592. The minimum absolute atomic E-state index is 0.469. The zero-order valence-electron chi connectivity index (χ0n) is 10.0. The third-order valence-electron chi connectivity index (χ3n) is 2.26. The van der Waals surface area contributed by atoms with Gasteiger partial charge in [-0.1, -0.05) is 27.5 Å². The molecule has 1 aromatic carbocycles. The van der Waals surface area contributed by atoms with Gasteiger partial charge in [-0.3, -0.25) is 0 Å². The van der Waals surface area contributed by atoms with E-state index >= 15 is 0 Å². The van der Waals surface area contributed by atoms with Crippen LogP contribution in [0, 0.1) is 0 Å². The van der Waals surface area contributed by atoms with Crippen molar-refractivity contribution in [2.24, 2.45) is 0 Å². The van der Waals surface area contributed by atoms with Crippen molar-refractivity contribution in [1.82, 2.24) is 9.97 Å². The number of halogens is 3. The van der Waals surface area contributed by atoms with Gasteiger partial charge in [0.05, 0.1) is 11.9 Å². The molecule has 0 atom stereocenters. The molecule has 7 heteroatoms. The lowest BCUT2D eigenvalue weighted by Gasteiger charge is -2.11. The molecule has 0 saturated heterocycles. The highest BCUT2D eigenvalue weighted by Crippen LogP contribution is 2.30. The summed E-state index contributed by atoms with van der Waals surface area (Å²) in [7, 11) is 0. The van der Waals surface area contributed by atoms with Gasteiger partial charge in [-0.15, -0.1) is 0 Å². The molecule has 2 aromatic rings. The molecule has 0 bridgehead atoms. The topological polar surface area (TPSA) is 49.8 Å². The number of nitrogens with one attached hydrogen (secondary N) is 2. The van der Waals surface area contributed by atoms with Crippen LogP contribution in [0.2, 0.25) is 5.02 Å². The molecular formula is C12H11Br2ClN4. The second-order valence-corrected chi connectivity index (χ2v) is 5.85. The highest BCUT2D eigenvalue weighted by Gasteiger charge is 2.07. The van der Waals surface area contributed by atoms with Crippen molar-refractivity contribution in [3.05, 3.63) is 38.4 Å². The second-order valence-electron chi connectivity index (χ2n) is 3.67. The minimum Gasteiger partial charge on any atom is -0.354 e. The third kappa shape index (κ3) is 3.81. The van der Waals surface area contributed by atoms with E-state index in [0.717, 1.165) is 21.2 Å². The van der Waals surface area contributed by atoms with E-state index in [4.69, 9.17) is 11.6 Å². The summed E-state index contributed by atoms with van der Waals surface area (Å²) in [4.78, 5) is 8.42. The summed E-state index contributed by atoms with van der Waals surface area (Å²) in [5.41, 5.74) is 0.881. The molecule has 0 spiro atoms. The Morgan fingerprint density at radius 2 is 2.11 bits per heavy atom. The summed E-state index contributed by atoms with van der Waals surface area (Å²) < 4.78 is 1.91. The van der Waals surface area contributed by atoms with Crippen LogP contribution in [0.25, 0.3) is 0 Å². The van der Waals surface area contributed by atoms with Gasteiger partial charge in [-0.25, -0.2) is 4.98 Å². The number of benzene rings is 1. The van der Waals surface area contributed by atoms with Crippen LogP contribution in [0.15, 0.2) is 33.3 Å². The van der Waals surface area contributed by atoms with Crippen LogP contribution >= 0.6 is 43.5 Å². The smallest absolute Gasteiger partial charge is 0.224 e. The molecule has 0 radical (unpaired) electrons. The third-order valence-corrected chi connectivity index (χ3v) is 3.69. The van der Waals surface area contributed by atoms with Crippen molar-refractivity contribution in [3.63, 3.8) is 0 Å². The van der Waals surface area contributed by atoms with Crippen LogP contribution in [0.1, 0.15) is 6.92 Å². The molecular weight excluding hydrogens is 395 g/mol. The predicted octanol–water partition coefficient (Wildman–Crippen LogP) is 4.83. The summed E-state index contributed by atoms with van der Waals surface area (Å²) in [6.45, 7) is 2.74. The zero-order valence-corrected chi connectivity index (χ0v) is 14.0. The van der Waals surface area contributed by atoms with Crippen molar-refractivity contribution in [2.75, 3.05) is 17.2 Å². The Balaban J connectivity index is 2.29. The fraction of sp³-hybridized carbons (Fsp3) is 0.167. The van der Waals surface area contributed by atoms with E-state index in [0.29, 0.717) is 16.8 Å². The summed E-state index contributed by atoms with van der Waals surface area (Å²) in [5.74, 6) is 1.11. The van der Waals surface area contributed by atoms with Gasteiger partial charge in [0.1, 0.15) is 5.02 Å². The van der Waals surface area contributed by atoms with E-state index < -0.39 is 0 Å². The lowest BCUT2D eigenvalue weighted by molar-refractivity contribution is 1.09. The van der Waals surface area contributed by atoms with Gasteiger partial charge in [-0.2, -0.15) is 4.98 Å². The number of aromatic nitrogens is 2. The molecule has 0 aliphatic rings. The lowest BCUT2D eigenvalue weighted by Crippen LogP contribution is -2.04. The van der Waals surface area contributed by atoms with Crippen molar-refractivity contribution < 1.29 is 0 Å². The Morgan fingerprint density at radius 3 is 2.79 bits per heavy atom. The Kier molecular flexibility index (Phi) is 5.01. The monoisotopic (exact) mass is 404 g/mol. The maximum atomic E-state index is 6.09. The van der Waals surface area contributed by atoms with Gasteiger partial charge < -0.3 is 10.6 Å². The van der Waals surface area contributed by atoms with Crippen molar-refractivity contribution in [2.45, 2.75) is 6.92 Å². The highest BCUT2D eigenvalue weighted by atomic mass is 79.9. The summed E-state index contributed by atoms with van der Waals surface area (Å²) in [6, 6.07) is 5.82.